The number of ether oxygens (including phenoxy) is 1. The monoisotopic (exact) mass is 231 g/mol. The second kappa shape index (κ2) is 5.99. The van der Waals surface area contributed by atoms with Gasteiger partial charge in [0, 0.05) is 23.9 Å². The Bertz CT molecular complexity index is 437. The molecule has 0 bridgehead atoms. The molecule has 1 N–H and O–H groups in total. The number of nitrogens with one attached hydrogen (secondary N) is 1. The molecule has 1 heterocycles. The van der Waals surface area contributed by atoms with Crippen LogP contribution in [-0.4, -0.2) is 6.61 Å². The van der Waals surface area contributed by atoms with Crippen molar-refractivity contribution < 1.29 is 9.15 Å². The standard InChI is InChI=1S/C14H17NO2/c1-2-7-17-14-5-3-4-13(9-14)15-10-12-6-8-16-11-12/h3-6,8-9,11,15H,2,7,10H2,1H3. The first-order valence-electron chi connectivity index (χ1n) is 5.86. The Morgan fingerprint density at radius 2 is 2.24 bits per heavy atom. The third-order valence-electron chi connectivity index (χ3n) is 2.38. The number of furan rings is 1. The Morgan fingerprint density at radius 3 is 3.00 bits per heavy atom. The Morgan fingerprint density at radius 1 is 1.29 bits per heavy atom. The van der Waals surface area contributed by atoms with E-state index in [1.54, 1.807) is 12.5 Å². The van der Waals surface area contributed by atoms with E-state index in [1.165, 1.54) is 0 Å². The number of hydrogen-bond acceptors (Lipinski definition) is 3. The molecule has 0 saturated heterocycles. The van der Waals surface area contributed by atoms with Crippen molar-refractivity contribution in [2.45, 2.75) is 19.9 Å². The first-order valence-corrected chi connectivity index (χ1v) is 5.86. The molecule has 0 saturated carbocycles. The number of benzene rings is 1. The molecular weight excluding hydrogens is 214 g/mol. The highest BCUT2D eigenvalue weighted by Gasteiger charge is 1.97. The summed E-state index contributed by atoms with van der Waals surface area (Å²) in [4.78, 5) is 0. The summed E-state index contributed by atoms with van der Waals surface area (Å²) in [5.41, 5.74) is 2.18. The average molecular weight is 231 g/mol. The minimum Gasteiger partial charge on any atom is -0.494 e. The van der Waals surface area contributed by atoms with Gasteiger partial charge >= 0.3 is 0 Å². The Balaban J connectivity index is 1.91. The topological polar surface area (TPSA) is 34.4 Å². The van der Waals surface area contributed by atoms with Gasteiger partial charge in [-0.05, 0) is 24.6 Å². The van der Waals surface area contributed by atoms with E-state index in [2.05, 4.69) is 12.2 Å². The van der Waals surface area contributed by atoms with Crippen molar-refractivity contribution in [3.05, 3.63) is 48.4 Å². The van der Waals surface area contributed by atoms with Crippen molar-refractivity contribution in [3.63, 3.8) is 0 Å². The summed E-state index contributed by atoms with van der Waals surface area (Å²) in [6, 6.07) is 9.94. The molecular formula is C14H17NO2. The van der Waals surface area contributed by atoms with E-state index in [-0.39, 0.29) is 0 Å². The molecule has 1 aromatic carbocycles. The molecule has 0 amide bonds. The Hall–Kier alpha value is -1.90. The van der Waals surface area contributed by atoms with Gasteiger partial charge in [0.2, 0.25) is 0 Å². The predicted molar refractivity (Wildman–Crippen MR) is 68.3 cm³/mol. The lowest BCUT2D eigenvalue weighted by Crippen LogP contribution is -1.99. The van der Waals surface area contributed by atoms with Crippen LogP contribution in [0.1, 0.15) is 18.9 Å². The molecule has 0 aliphatic carbocycles. The molecule has 0 fully saturated rings. The number of rotatable bonds is 6. The second-order valence-electron chi connectivity index (χ2n) is 3.86. The third kappa shape index (κ3) is 3.55. The summed E-state index contributed by atoms with van der Waals surface area (Å²) < 4.78 is 10.6. The summed E-state index contributed by atoms with van der Waals surface area (Å²) >= 11 is 0. The maximum atomic E-state index is 5.57. The van der Waals surface area contributed by atoms with Crippen molar-refractivity contribution in [1.29, 1.82) is 0 Å². The molecule has 0 unspecified atom stereocenters. The van der Waals surface area contributed by atoms with E-state index in [9.17, 15) is 0 Å². The molecule has 90 valence electrons. The van der Waals surface area contributed by atoms with Gasteiger partial charge in [0.1, 0.15) is 5.75 Å². The molecule has 0 aliphatic rings. The second-order valence-corrected chi connectivity index (χ2v) is 3.86. The molecule has 2 aromatic rings. The normalized spacial score (nSPS) is 10.2. The van der Waals surface area contributed by atoms with Gasteiger partial charge in [0.25, 0.3) is 0 Å². The fourth-order valence-electron chi connectivity index (χ4n) is 1.51. The lowest BCUT2D eigenvalue weighted by atomic mass is 10.2. The lowest BCUT2D eigenvalue weighted by Gasteiger charge is -2.08. The minimum atomic E-state index is 0.755. The van der Waals surface area contributed by atoms with Crippen LogP contribution in [0.4, 0.5) is 5.69 Å². The van der Waals surface area contributed by atoms with Crippen LogP contribution < -0.4 is 10.1 Å². The molecule has 17 heavy (non-hydrogen) atoms. The number of hydrogen-bond donors (Lipinski definition) is 1. The summed E-state index contributed by atoms with van der Waals surface area (Å²) in [5.74, 6) is 0.907. The van der Waals surface area contributed by atoms with Gasteiger partial charge in [-0.1, -0.05) is 13.0 Å². The molecule has 0 spiro atoms. The SMILES string of the molecule is CCCOc1cccc(NCc2ccoc2)c1. The van der Waals surface area contributed by atoms with E-state index in [1.807, 2.05) is 30.3 Å². The van der Waals surface area contributed by atoms with E-state index >= 15 is 0 Å². The van der Waals surface area contributed by atoms with Crippen LogP contribution in [0.3, 0.4) is 0 Å². The van der Waals surface area contributed by atoms with E-state index in [0.29, 0.717) is 0 Å². The Labute approximate surface area is 101 Å². The van der Waals surface area contributed by atoms with Gasteiger partial charge in [-0.25, -0.2) is 0 Å². The van der Waals surface area contributed by atoms with Gasteiger partial charge in [0.15, 0.2) is 0 Å². The van der Waals surface area contributed by atoms with Gasteiger partial charge in [-0.3, -0.25) is 0 Å². The molecule has 2 rings (SSSR count). The zero-order chi connectivity index (χ0) is 11.9. The number of anilines is 1. The smallest absolute Gasteiger partial charge is 0.121 e. The van der Waals surface area contributed by atoms with Gasteiger partial charge in [-0.15, -0.1) is 0 Å². The molecule has 3 nitrogen and oxygen atoms in total. The lowest BCUT2D eigenvalue weighted by molar-refractivity contribution is 0.317. The molecule has 3 heteroatoms. The van der Waals surface area contributed by atoms with Gasteiger partial charge < -0.3 is 14.5 Å². The highest BCUT2D eigenvalue weighted by Crippen LogP contribution is 2.18. The van der Waals surface area contributed by atoms with Crippen molar-refractivity contribution in [2.75, 3.05) is 11.9 Å². The average Bonchev–Trinajstić information content (AvgIpc) is 2.87. The summed E-state index contributed by atoms with van der Waals surface area (Å²) in [6.45, 7) is 3.61. The third-order valence-corrected chi connectivity index (χ3v) is 2.38. The fourth-order valence-corrected chi connectivity index (χ4v) is 1.51. The zero-order valence-electron chi connectivity index (χ0n) is 9.98. The fraction of sp³-hybridized carbons (Fsp3) is 0.286. The Kier molecular flexibility index (Phi) is 4.08. The first kappa shape index (κ1) is 11.6. The maximum Gasteiger partial charge on any atom is 0.121 e. The van der Waals surface area contributed by atoms with Crippen LogP contribution in [0.15, 0.2) is 47.3 Å². The van der Waals surface area contributed by atoms with E-state index in [0.717, 1.165) is 36.6 Å². The minimum absolute atomic E-state index is 0.755. The van der Waals surface area contributed by atoms with Crippen LogP contribution in [-0.2, 0) is 6.54 Å². The van der Waals surface area contributed by atoms with Crippen LogP contribution in [0.2, 0.25) is 0 Å². The maximum absolute atomic E-state index is 5.57. The molecule has 0 radical (unpaired) electrons. The van der Waals surface area contributed by atoms with Crippen LogP contribution in [0.5, 0.6) is 5.75 Å². The van der Waals surface area contributed by atoms with Crippen molar-refractivity contribution in [1.82, 2.24) is 0 Å². The highest BCUT2D eigenvalue weighted by molar-refractivity contribution is 5.48. The summed E-state index contributed by atoms with van der Waals surface area (Å²) in [7, 11) is 0. The molecule has 1 aromatic heterocycles. The zero-order valence-corrected chi connectivity index (χ0v) is 9.98. The predicted octanol–water partition coefficient (Wildman–Crippen LogP) is 3.68. The molecule has 0 aliphatic heterocycles. The van der Waals surface area contributed by atoms with Gasteiger partial charge in [0.05, 0.1) is 19.1 Å². The van der Waals surface area contributed by atoms with Crippen molar-refractivity contribution in [3.8, 4) is 5.75 Å². The highest BCUT2D eigenvalue weighted by atomic mass is 16.5. The van der Waals surface area contributed by atoms with Crippen LogP contribution in [0, 0.1) is 0 Å². The molecule has 0 atom stereocenters. The summed E-state index contributed by atoms with van der Waals surface area (Å²) in [5, 5.41) is 3.32. The van der Waals surface area contributed by atoms with Crippen LogP contribution >= 0.6 is 0 Å². The summed E-state index contributed by atoms with van der Waals surface area (Å²) in [6.07, 6.45) is 4.44. The largest absolute Gasteiger partial charge is 0.494 e. The van der Waals surface area contributed by atoms with Crippen molar-refractivity contribution >= 4 is 5.69 Å². The van der Waals surface area contributed by atoms with E-state index in [4.69, 9.17) is 9.15 Å². The van der Waals surface area contributed by atoms with Gasteiger partial charge in [-0.2, -0.15) is 0 Å². The van der Waals surface area contributed by atoms with Crippen molar-refractivity contribution in [2.24, 2.45) is 0 Å². The van der Waals surface area contributed by atoms with E-state index < -0.39 is 0 Å². The first-order chi connectivity index (χ1) is 8.38. The van der Waals surface area contributed by atoms with Crippen LogP contribution in [0.25, 0.3) is 0 Å². The quantitative estimate of drug-likeness (QED) is 0.823.